The van der Waals surface area contributed by atoms with E-state index in [1.807, 2.05) is 0 Å². The summed E-state index contributed by atoms with van der Waals surface area (Å²) in [6.07, 6.45) is -6.74. The number of aliphatic hydroxyl groups is 4. The fourth-order valence-corrected chi connectivity index (χ4v) is 2.31. The minimum atomic E-state index is -1.50. The highest BCUT2D eigenvalue weighted by Crippen LogP contribution is 2.31. The van der Waals surface area contributed by atoms with E-state index in [1.54, 1.807) is 0 Å². The summed E-state index contributed by atoms with van der Waals surface area (Å²) in [6, 6.07) is 4.46. The number of aliphatic hydroxyl groups excluding tert-OH is 4. The van der Waals surface area contributed by atoms with Crippen LogP contribution in [0.15, 0.2) is 18.2 Å². The highest BCUT2D eigenvalue weighted by molar-refractivity contribution is 6.35. The first-order valence-corrected chi connectivity index (χ1v) is 6.62. The minimum absolute atomic E-state index is 0.195. The van der Waals surface area contributed by atoms with E-state index in [2.05, 4.69) is 0 Å². The molecular weight excluding hydrogens is 311 g/mol. The van der Waals surface area contributed by atoms with Crippen LogP contribution in [0.1, 0.15) is 0 Å². The van der Waals surface area contributed by atoms with Crippen LogP contribution < -0.4 is 4.74 Å². The van der Waals surface area contributed by atoms with E-state index < -0.39 is 37.3 Å². The van der Waals surface area contributed by atoms with E-state index in [0.717, 1.165) is 0 Å². The standard InChI is InChI=1S/C12H14Cl2O6/c13-5-1-2-7(6(14)3-5)19-12-11(18)10(17)9(16)8(4-15)20-12/h1-3,8-12,15-18H,4H2/t8-,9-,10+,11+,12-/m0/s1. The van der Waals surface area contributed by atoms with Crippen LogP contribution in [0.2, 0.25) is 10.0 Å². The van der Waals surface area contributed by atoms with Gasteiger partial charge in [0.25, 0.3) is 0 Å². The Morgan fingerprint density at radius 1 is 1.10 bits per heavy atom. The van der Waals surface area contributed by atoms with Crippen LogP contribution in [0.5, 0.6) is 5.75 Å². The van der Waals surface area contributed by atoms with Crippen molar-refractivity contribution in [2.24, 2.45) is 0 Å². The van der Waals surface area contributed by atoms with Crippen molar-refractivity contribution < 1.29 is 29.9 Å². The lowest BCUT2D eigenvalue weighted by Gasteiger charge is -2.39. The van der Waals surface area contributed by atoms with Crippen LogP contribution in [-0.4, -0.2) is 57.7 Å². The molecule has 1 heterocycles. The summed E-state index contributed by atoms with van der Waals surface area (Å²) in [4.78, 5) is 0. The molecule has 2 rings (SSSR count). The molecule has 0 amide bonds. The van der Waals surface area contributed by atoms with Gasteiger partial charge in [0.2, 0.25) is 6.29 Å². The number of hydrogen-bond acceptors (Lipinski definition) is 6. The summed E-state index contributed by atoms with van der Waals surface area (Å²) in [5, 5.41) is 38.8. The Kier molecular flexibility index (Phi) is 5.09. The fourth-order valence-electron chi connectivity index (χ4n) is 1.86. The highest BCUT2D eigenvalue weighted by Gasteiger charge is 2.44. The van der Waals surface area contributed by atoms with E-state index in [4.69, 9.17) is 37.8 Å². The molecular formula is C12H14Cl2O6. The lowest BCUT2D eigenvalue weighted by atomic mass is 9.99. The molecule has 4 N–H and O–H groups in total. The van der Waals surface area contributed by atoms with Crippen molar-refractivity contribution in [3.05, 3.63) is 28.2 Å². The molecule has 0 aromatic heterocycles. The molecule has 0 unspecified atom stereocenters. The molecule has 0 aliphatic carbocycles. The van der Waals surface area contributed by atoms with Crippen molar-refractivity contribution in [3.63, 3.8) is 0 Å². The zero-order valence-corrected chi connectivity index (χ0v) is 11.7. The molecule has 112 valence electrons. The van der Waals surface area contributed by atoms with Crippen LogP contribution in [0.25, 0.3) is 0 Å². The van der Waals surface area contributed by atoms with Crippen molar-refractivity contribution in [2.45, 2.75) is 30.7 Å². The third-order valence-corrected chi connectivity index (χ3v) is 3.52. The number of rotatable bonds is 3. The molecule has 0 bridgehead atoms. The van der Waals surface area contributed by atoms with E-state index in [1.165, 1.54) is 18.2 Å². The quantitative estimate of drug-likeness (QED) is 0.632. The SMILES string of the molecule is OC[C@@H]1O[C@H](Oc2ccc(Cl)cc2Cl)[C@H](O)[C@H](O)[C@H]1O. The predicted octanol–water partition coefficient (Wildman–Crippen LogP) is 0.172. The van der Waals surface area contributed by atoms with Gasteiger partial charge in [-0.3, -0.25) is 0 Å². The van der Waals surface area contributed by atoms with Gasteiger partial charge in [0.15, 0.2) is 0 Å². The largest absolute Gasteiger partial charge is 0.460 e. The van der Waals surface area contributed by atoms with Crippen LogP contribution in [0, 0.1) is 0 Å². The maximum Gasteiger partial charge on any atom is 0.229 e. The molecule has 1 aromatic rings. The molecule has 0 radical (unpaired) electrons. The van der Waals surface area contributed by atoms with E-state index >= 15 is 0 Å². The molecule has 0 spiro atoms. The van der Waals surface area contributed by atoms with E-state index in [-0.39, 0.29) is 10.8 Å². The molecule has 1 aliphatic rings. The van der Waals surface area contributed by atoms with Gasteiger partial charge in [-0.05, 0) is 18.2 Å². The Labute approximate surface area is 125 Å². The monoisotopic (exact) mass is 324 g/mol. The smallest absolute Gasteiger partial charge is 0.229 e. The number of ether oxygens (including phenoxy) is 2. The van der Waals surface area contributed by atoms with Crippen LogP contribution in [0.3, 0.4) is 0 Å². The number of benzene rings is 1. The average Bonchev–Trinajstić information content (AvgIpc) is 2.42. The molecule has 1 aliphatic heterocycles. The lowest BCUT2D eigenvalue weighted by Crippen LogP contribution is -2.60. The van der Waals surface area contributed by atoms with Gasteiger partial charge < -0.3 is 29.9 Å². The normalized spacial score (nSPS) is 34.0. The molecule has 20 heavy (non-hydrogen) atoms. The molecule has 6 nitrogen and oxygen atoms in total. The number of hydrogen-bond donors (Lipinski definition) is 4. The lowest BCUT2D eigenvalue weighted by molar-refractivity contribution is -0.277. The number of halogens is 2. The first-order chi connectivity index (χ1) is 9.43. The van der Waals surface area contributed by atoms with Gasteiger partial charge in [0.1, 0.15) is 30.2 Å². The van der Waals surface area contributed by atoms with Crippen molar-refractivity contribution in [1.82, 2.24) is 0 Å². The zero-order chi connectivity index (χ0) is 14.9. The molecule has 1 saturated heterocycles. The zero-order valence-electron chi connectivity index (χ0n) is 10.2. The van der Waals surface area contributed by atoms with Gasteiger partial charge >= 0.3 is 0 Å². The van der Waals surface area contributed by atoms with Gasteiger partial charge in [0, 0.05) is 5.02 Å². The molecule has 0 saturated carbocycles. The first-order valence-electron chi connectivity index (χ1n) is 5.86. The molecule has 8 heteroatoms. The second-order valence-corrected chi connectivity index (χ2v) is 5.23. The van der Waals surface area contributed by atoms with Crippen LogP contribution in [-0.2, 0) is 4.74 Å². The molecule has 1 fully saturated rings. The maximum atomic E-state index is 9.82. The predicted molar refractivity (Wildman–Crippen MR) is 70.9 cm³/mol. The van der Waals surface area contributed by atoms with Gasteiger partial charge in [-0.2, -0.15) is 0 Å². The Morgan fingerprint density at radius 3 is 2.40 bits per heavy atom. The topological polar surface area (TPSA) is 99.4 Å². The Balaban J connectivity index is 2.15. The second-order valence-electron chi connectivity index (χ2n) is 4.39. The fraction of sp³-hybridized carbons (Fsp3) is 0.500. The first kappa shape index (κ1) is 15.8. The third-order valence-electron chi connectivity index (χ3n) is 2.99. The van der Waals surface area contributed by atoms with Gasteiger partial charge in [-0.25, -0.2) is 0 Å². The van der Waals surface area contributed by atoms with E-state index in [9.17, 15) is 15.3 Å². The summed E-state index contributed by atoms with van der Waals surface area (Å²) in [6.45, 7) is -0.529. The molecule has 1 aromatic carbocycles. The van der Waals surface area contributed by atoms with Crippen molar-refractivity contribution in [3.8, 4) is 5.75 Å². The van der Waals surface area contributed by atoms with Gasteiger partial charge in [-0.15, -0.1) is 0 Å². The molecule has 5 atom stereocenters. The van der Waals surface area contributed by atoms with Crippen molar-refractivity contribution >= 4 is 23.2 Å². The van der Waals surface area contributed by atoms with Crippen molar-refractivity contribution in [2.75, 3.05) is 6.61 Å². The second kappa shape index (κ2) is 6.44. The average molecular weight is 325 g/mol. The van der Waals surface area contributed by atoms with Gasteiger partial charge in [0.05, 0.1) is 11.6 Å². The van der Waals surface area contributed by atoms with Crippen molar-refractivity contribution in [1.29, 1.82) is 0 Å². The van der Waals surface area contributed by atoms with Crippen LogP contribution >= 0.6 is 23.2 Å². The third kappa shape index (κ3) is 3.17. The summed E-state index contributed by atoms with van der Waals surface area (Å²) >= 11 is 11.7. The van der Waals surface area contributed by atoms with Gasteiger partial charge in [-0.1, -0.05) is 23.2 Å². The Hall–Kier alpha value is -0.600. The summed E-state index contributed by atoms with van der Waals surface area (Å²) in [5.41, 5.74) is 0. The Bertz CT molecular complexity index is 469. The summed E-state index contributed by atoms with van der Waals surface area (Å²) < 4.78 is 10.6. The summed E-state index contributed by atoms with van der Waals surface area (Å²) in [7, 11) is 0. The summed E-state index contributed by atoms with van der Waals surface area (Å²) in [5.74, 6) is 0.195. The van der Waals surface area contributed by atoms with E-state index in [0.29, 0.717) is 5.02 Å². The maximum absolute atomic E-state index is 9.82. The Morgan fingerprint density at radius 2 is 1.80 bits per heavy atom. The minimum Gasteiger partial charge on any atom is -0.460 e. The van der Waals surface area contributed by atoms with Crippen LogP contribution in [0.4, 0.5) is 0 Å². The highest BCUT2D eigenvalue weighted by atomic mass is 35.5.